The summed E-state index contributed by atoms with van der Waals surface area (Å²) in [5.41, 5.74) is 3.15. The molecule has 3 rings (SSSR count). The van der Waals surface area contributed by atoms with Gasteiger partial charge < -0.3 is 4.90 Å². The van der Waals surface area contributed by atoms with Gasteiger partial charge in [0.2, 0.25) is 0 Å². The molecule has 0 aliphatic carbocycles. The molecule has 0 saturated carbocycles. The molecule has 26 heavy (non-hydrogen) atoms. The van der Waals surface area contributed by atoms with E-state index in [9.17, 15) is 18.5 Å². The molecule has 0 N–H and O–H groups in total. The second-order valence-electron chi connectivity index (χ2n) is 6.28. The number of benzene rings is 1. The van der Waals surface area contributed by atoms with Gasteiger partial charge in [-0.3, -0.25) is 15.0 Å². The van der Waals surface area contributed by atoms with E-state index in [1.54, 1.807) is 17.4 Å². The lowest BCUT2D eigenvalue weighted by atomic mass is 10.2. The maximum Gasteiger partial charge on any atom is 0.293 e. The highest BCUT2D eigenvalue weighted by molar-refractivity contribution is 7.90. The minimum atomic E-state index is -3.49. The topological polar surface area (TPSA) is 96.7 Å². The van der Waals surface area contributed by atoms with Crippen molar-refractivity contribution in [2.75, 3.05) is 37.3 Å². The molecule has 1 fully saturated rings. The van der Waals surface area contributed by atoms with E-state index in [1.165, 1.54) is 6.07 Å². The first-order valence-corrected chi connectivity index (χ1v) is 11.0. The van der Waals surface area contributed by atoms with Gasteiger partial charge >= 0.3 is 0 Å². The maximum atomic E-state index is 11.7. The lowest BCUT2D eigenvalue weighted by molar-refractivity contribution is -0.384. The Morgan fingerprint density at radius 1 is 1.27 bits per heavy atom. The Morgan fingerprint density at radius 2 is 2.08 bits per heavy atom. The van der Waals surface area contributed by atoms with E-state index in [0.717, 1.165) is 44.1 Å². The van der Waals surface area contributed by atoms with Gasteiger partial charge in [0, 0.05) is 50.4 Å². The van der Waals surface area contributed by atoms with Gasteiger partial charge in [-0.2, -0.15) is 0 Å². The summed E-state index contributed by atoms with van der Waals surface area (Å²) in [7, 11) is -3.49. The summed E-state index contributed by atoms with van der Waals surface area (Å²) in [6.07, 6.45) is 1.92. The van der Waals surface area contributed by atoms with Crippen LogP contribution in [0.4, 0.5) is 11.4 Å². The molecule has 8 nitrogen and oxygen atoms in total. The summed E-state index contributed by atoms with van der Waals surface area (Å²) in [6, 6.07) is 4.14. The average molecular weight is 396 g/mol. The van der Waals surface area contributed by atoms with Gasteiger partial charge in [-0.1, -0.05) is 0 Å². The number of rotatable bonds is 5. The minimum Gasteiger partial charge on any atom is -0.365 e. The maximum absolute atomic E-state index is 11.7. The van der Waals surface area contributed by atoms with Crippen LogP contribution >= 0.6 is 11.3 Å². The molecule has 1 aliphatic rings. The first kappa shape index (κ1) is 18.7. The molecule has 1 aromatic carbocycles. The highest BCUT2D eigenvalue weighted by Gasteiger charge is 2.24. The zero-order valence-electron chi connectivity index (χ0n) is 14.4. The second kappa shape index (κ2) is 7.68. The zero-order chi connectivity index (χ0) is 18.7. The Balaban J connectivity index is 1.79. The van der Waals surface area contributed by atoms with Crippen LogP contribution in [0.25, 0.3) is 0 Å². The van der Waals surface area contributed by atoms with Gasteiger partial charge in [0.1, 0.15) is 5.69 Å². The minimum absolute atomic E-state index is 0.0343. The lowest BCUT2D eigenvalue weighted by Crippen LogP contribution is -2.31. The zero-order valence-corrected chi connectivity index (χ0v) is 16.0. The molecule has 0 spiro atoms. The van der Waals surface area contributed by atoms with E-state index in [0.29, 0.717) is 18.8 Å². The fourth-order valence-corrected chi connectivity index (χ4v) is 4.25. The summed E-state index contributed by atoms with van der Waals surface area (Å²) in [5, 5.41) is 13.5. The monoisotopic (exact) mass is 396 g/mol. The van der Waals surface area contributed by atoms with Crippen LogP contribution in [0.15, 0.2) is 34.0 Å². The number of aromatic nitrogens is 1. The van der Waals surface area contributed by atoms with Gasteiger partial charge in [-0.15, -0.1) is 11.3 Å². The first-order valence-electron chi connectivity index (χ1n) is 8.17. The van der Waals surface area contributed by atoms with Crippen molar-refractivity contribution in [3.63, 3.8) is 0 Å². The molecule has 2 heterocycles. The van der Waals surface area contributed by atoms with Crippen LogP contribution in [-0.2, 0) is 16.4 Å². The molecule has 10 heteroatoms. The molecule has 140 valence electrons. The number of nitrogens with zero attached hydrogens (tertiary/aromatic N) is 4. The summed E-state index contributed by atoms with van der Waals surface area (Å²) in [5.74, 6) is 0. The fourth-order valence-electron chi connectivity index (χ4n) is 3.06. The molecule has 2 aromatic rings. The van der Waals surface area contributed by atoms with Gasteiger partial charge in [0.05, 0.1) is 21.0 Å². The van der Waals surface area contributed by atoms with Gasteiger partial charge in [-0.25, -0.2) is 13.4 Å². The number of thiazole rings is 1. The summed E-state index contributed by atoms with van der Waals surface area (Å²) in [4.78, 5) is 19.5. The molecule has 1 saturated heterocycles. The third-order valence-electron chi connectivity index (χ3n) is 4.37. The number of sulfone groups is 1. The van der Waals surface area contributed by atoms with E-state index in [-0.39, 0.29) is 10.6 Å². The van der Waals surface area contributed by atoms with Crippen molar-refractivity contribution >= 4 is 32.5 Å². The summed E-state index contributed by atoms with van der Waals surface area (Å²) in [6.45, 7) is 3.76. The molecule has 0 amide bonds. The van der Waals surface area contributed by atoms with Crippen molar-refractivity contribution in [2.24, 2.45) is 0 Å². The van der Waals surface area contributed by atoms with Gasteiger partial charge in [0.15, 0.2) is 9.84 Å². The van der Waals surface area contributed by atoms with E-state index in [2.05, 4.69) is 9.88 Å². The van der Waals surface area contributed by atoms with Crippen molar-refractivity contribution in [1.29, 1.82) is 0 Å². The van der Waals surface area contributed by atoms with Crippen molar-refractivity contribution < 1.29 is 13.3 Å². The Bertz CT molecular complexity index is 884. The second-order valence-corrected chi connectivity index (χ2v) is 9.01. The van der Waals surface area contributed by atoms with E-state index in [4.69, 9.17) is 0 Å². The van der Waals surface area contributed by atoms with Crippen molar-refractivity contribution in [2.45, 2.75) is 17.9 Å². The largest absolute Gasteiger partial charge is 0.365 e. The Hall–Kier alpha value is -2.04. The molecule has 0 atom stereocenters. The molecular formula is C16H20N4O4S2. The number of anilines is 1. The molecule has 0 bridgehead atoms. The third-order valence-corrected chi connectivity index (χ3v) is 6.12. The van der Waals surface area contributed by atoms with Crippen molar-refractivity contribution in [3.05, 3.63) is 44.9 Å². The predicted molar refractivity (Wildman–Crippen MR) is 100 cm³/mol. The highest BCUT2D eigenvalue weighted by Crippen LogP contribution is 2.31. The molecule has 0 radical (unpaired) electrons. The Kier molecular flexibility index (Phi) is 5.54. The van der Waals surface area contributed by atoms with Crippen LogP contribution < -0.4 is 4.90 Å². The number of hydrogen-bond donors (Lipinski definition) is 0. The van der Waals surface area contributed by atoms with E-state index in [1.807, 2.05) is 15.8 Å². The summed E-state index contributed by atoms with van der Waals surface area (Å²) < 4.78 is 23.4. The molecule has 0 unspecified atom stereocenters. The average Bonchev–Trinajstić information content (AvgIpc) is 2.98. The van der Waals surface area contributed by atoms with Crippen LogP contribution in [-0.4, -0.2) is 55.7 Å². The molecular weight excluding hydrogens is 376 g/mol. The normalized spacial score (nSPS) is 16.4. The van der Waals surface area contributed by atoms with E-state index < -0.39 is 14.8 Å². The van der Waals surface area contributed by atoms with Gasteiger partial charge in [0.25, 0.3) is 5.69 Å². The smallest absolute Gasteiger partial charge is 0.293 e. The van der Waals surface area contributed by atoms with Crippen LogP contribution in [0.5, 0.6) is 0 Å². The Morgan fingerprint density at radius 3 is 2.73 bits per heavy atom. The fraction of sp³-hybridized carbons (Fsp3) is 0.438. The third kappa shape index (κ3) is 4.37. The highest BCUT2D eigenvalue weighted by atomic mass is 32.2. The van der Waals surface area contributed by atoms with Crippen LogP contribution in [0.1, 0.15) is 12.1 Å². The van der Waals surface area contributed by atoms with Crippen LogP contribution in [0.2, 0.25) is 0 Å². The lowest BCUT2D eigenvalue weighted by Gasteiger charge is -2.23. The van der Waals surface area contributed by atoms with Crippen LogP contribution in [0, 0.1) is 10.1 Å². The molecule has 1 aliphatic heterocycles. The summed E-state index contributed by atoms with van der Waals surface area (Å²) >= 11 is 1.57. The SMILES string of the molecule is CS(=O)(=O)c1ccc(N2CCCN(Cc3cscn3)CC2)c([N+](=O)[O-])c1. The van der Waals surface area contributed by atoms with Gasteiger partial charge in [-0.05, 0) is 18.6 Å². The van der Waals surface area contributed by atoms with E-state index >= 15 is 0 Å². The first-order chi connectivity index (χ1) is 12.3. The predicted octanol–water partition coefficient (Wildman–Crippen LogP) is 2.17. The number of nitro benzene ring substituents is 1. The van der Waals surface area contributed by atoms with Crippen molar-refractivity contribution in [1.82, 2.24) is 9.88 Å². The number of nitro groups is 1. The van der Waals surface area contributed by atoms with Crippen LogP contribution in [0.3, 0.4) is 0 Å². The standard InChI is InChI=1S/C16H20N4O4S2/c1-26(23,24)14-3-4-15(16(9-14)20(21)22)19-6-2-5-18(7-8-19)10-13-11-25-12-17-13/h3-4,9,11-12H,2,5-8,10H2,1H3. The number of hydrogen-bond acceptors (Lipinski definition) is 8. The quantitative estimate of drug-likeness (QED) is 0.564. The Labute approximate surface area is 156 Å². The molecule has 1 aromatic heterocycles. The van der Waals surface area contributed by atoms with Crippen molar-refractivity contribution in [3.8, 4) is 0 Å².